The van der Waals surface area contributed by atoms with Crippen molar-refractivity contribution in [2.24, 2.45) is 0 Å². The van der Waals surface area contributed by atoms with Crippen molar-refractivity contribution < 1.29 is 4.79 Å². The van der Waals surface area contributed by atoms with Crippen LogP contribution in [0.2, 0.25) is 0 Å². The lowest BCUT2D eigenvalue weighted by molar-refractivity contribution is 0.548. The normalized spacial score (nSPS) is 10.2. The number of carbonyl (C=O) groups excluding carboxylic acids is 1. The molecular weight excluding hydrogens is 140 g/mol. The Morgan fingerprint density at radius 1 is 1.64 bits per heavy atom. The van der Waals surface area contributed by atoms with Crippen LogP contribution in [0.5, 0.6) is 0 Å². The topological polar surface area (TPSA) is 34.9 Å². The van der Waals surface area contributed by atoms with Crippen LogP contribution in [0.3, 0.4) is 0 Å². The number of nitrogens with zero attached hydrogens (tertiary/aromatic N) is 2. The molecule has 0 aliphatic heterocycles. The molecule has 1 aromatic carbocycles. The largest absolute Gasteiger partial charge is 0.278 e. The molecule has 0 fully saturated rings. The lowest BCUT2D eigenvalue weighted by Crippen LogP contribution is -1.89. The summed E-state index contributed by atoms with van der Waals surface area (Å²) in [5.41, 5.74) is 1.61. The van der Waals surface area contributed by atoms with Crippen LogP contribution in [-0.2, 0) is 4.79 Å². The molecule has 0 N–H and O–H groups in total. The molecule has 1 heterocycles. The SMILES string of the molecule is O=Cn1cnc2cc[c]cc21. The zero-order valence-corrected chi connectivity index (χ0v) is 5.69. The summed E-state index contributed by atoms with van der Waals surface area (Å²) < 4.78 is 1.42. The van der Waals surface area contributed by atoms with Crippen molar-refractivity contribution in [1.82, 2.24) is 9.55 Å². The molecule has 0 aliphatic carbocycles. The number of benzene rings is 1. The summed E-state index contributed by atoms with van der Waals surface area (Å²) in [6.07, 6.45) is 2.22. The summed E-state index contributed by atoms with van der Waals surface area (Å²) in [6.45, 7) is 0. The van der Waals surface area contributed by atoms with E-state index in [1.165, 1.54) is 10.9 Å². The van der Waals surface area contributed by atoms with Crippen molar-refractivity contribution >= 4 is 17.4 Å². The molecule has 0 aliphatic rings. The second-order valence-electron chi connectivity index (χ2n) is 2.17. The second-order valence-corrected chi connectivity index (χ2v) is 2.17. The fourth-order valence-corrected chi connectivity index (χ4v) is 1.000. The van der Waals surface area contributed by atoms with Gasteiger partial charge in [0, 0.05) is 0 Å². The van der Waals surface area contributed by atoms with Gasteiger partial charge < -0.3 is 0 Å². The number of imidazole rings is 1. The summed E-state index contributed by atoms with van der Waals surface area (Å²) in [5, 5.41) is 0. The molecule has 0 saturated carbocycles. The van der Waals surface area contributed by atoms with Crippen LogP contribution >= 0.6 is 0 Å². The van der Waals surface area contributed by atoms with Gasteiger partial charge in [-0.1, -0.05) is 6.07 Å². The molecule has 0 atom stereocenters. The van der Waals surface area contributed by atoms with Crippen LogP contribution in [0.15, 0.2) is 24.5 Å². The van der Waals surface area contributed by atoms with E-state index in [0.29, 0.717) is 0 Å². The monoisotopic (exact) mass is 145 g/mol. The summed E-state index contributed by atoms with van der Waals surface area (Å²) in [7, 11) is 0. The average Bonchev–Trinajstić information content (AvgIpc) is 2.47. The number of aromatic nitrogens is 2. The molecule has 0 saturated heterocycles. The minimum atomic E-state index is 0.725. The van der Waals surface area contributed by atoms with Gasteiger partial charge in [-0.15, -0.1) is 0 Å². The van der Waals surface area contributed by atoms with Gasteiger partial charge >= 0.3 is 0 Å². The first-order chi connectivity index (χ1) is 5.42. The van der Waals surface area contributed by atoms with Crippen molar-refractivity contribution in [2.45, 2.75) is 0 Å². The zero-order valence-electron chi connectivity index (χ0n) is 5.69. The van der Waals surface area contributed by atoms with Crippen LogP contribution < -0.4 is 0 Å². The Hall–Kier alpha value is -1.64. The van der Waals surface area contributed by atoms with Gasteiger partial charge in [0.15, 0.2) is 0 Å². The first-order valence-electron chi connectivity index (χ1n) is 3.20. The molecule has 0 unspecified atom stereocenters. The quantitative estimate of drug-likeness (QED) is 0.558. The van der Waals surface area contributed by atoms with Gasteiger partial charge in [0.25, 0.3) is 0 Å². The maximum absolute atomic E-state index is 10.4. The first kappa shape index (κ1) is 6.09. The van der Waals surface area contributed by atoms with Crippen molar-refractivity contribution in [2.75, 3.05) is 0 Å². The Kier molecular flexibility index (Phi) is 1.22. The highest BCUT2D eigenvalue weighted by Crippen LogP contribution is 2.08. The molecule has 2 rings (SSSR count). The van der Waals surface area contributed by atoms with Gasteiger partial charge in [-0.25, -0.2) is 4.98 Å². The Balaban J connectivity index is 2.86. The first-order valence-corrected chi connectivity index (χ1v) is 3.20. The number of carbonyl (C=O) groups is 1. The third kappa shape index (κ3) is 0.816. The van der Waals surface area contributed by atoms with E-state index in [-0.39, 0.29) is 0 Å². The van der Waals surface area contributed by atoms with Crippen LogP contribution in [0.25, 0.3) is 11.0 Å². The molecule has 0 bridgehead atoms. The van der Waals surface area contributed by atoms with Gasteiger partial charge in [0.05, 0.1) is 11.0 Å². The Morgan fingerprint density at radius 2 is 2.55 bits per heavy atom. The van der Waals surface area contributed by atoms with Gasteiger partial charge in [-0.2, -0.15) is 0 Å². The van der Waals surface area contributed by atoms with E-state index < -0.39 is 0 Å². The molecule has 0 amide bonds. The second kappa shape index (κ2) is 2.20. The molecule has 1 aromatic heterocycles. The van der Waals surface area contributed by atoms with Gasteiger partial charge in [-0.05, 0) is 18.2 Å². The van der Waals surface area contributed by atoms with Crippen molar-refractivity contribution in [3.8, 4) is 0 Å². The molecular formula is C8H5N2O. The predicted molar refractivity (Wildman–Crippen MR) is 40.7 cm³/mol. The Labute approximate surface area is 63.3 Å². The predicted octanol–water partition coefficient (Wildman–Crippen LogP) is 0.875. The van der Waals surface area contributed by atoms with Crippen LogP contribution in [0.4, 0.5) is 0 Å². The van der Waals surface area contributed by atoms with E-state index in [0.717, 1.165) is 17.4 Å². The maximum atomic E-state index is 10.4. The molecule has 53 valence electrons. The maximum Gasteiger partial charge on any atom is 0.219 e. The minimum Gasteiger partial charge on any atom is -0.278 e. The van der Waals surface area contributed by atoms with Gasteiger partial charge in [0.2, 0.25) is 6.41 Å². The summed E-state index contributed by atoms with van der Waals surface area (Å²) in [5.74, 6) is 0. The standard InChI is InChI=1S/C8H5N2O/c11-6-10-5-9-7-3-1-2-4-8(7)10/h1,3-6H. The third-order valence-electron chi connectivity index (χ3n) is 1.53. The van der Waals surface area contributed by atoms with E-state index >= 15 is 0 Å². The fourth-order valence-electron chi connectivity index (χ4n) is 1.000. The highest BCUT2D eigenvalue weighted by atomic mass is 16.1. The number of hydrogen-bond acceptors (Lipinski definition) is 2. The Morgan fingerprint density at radius 3 is 3.36 bits per heavy atom. The lowest BCUT2D eigenvalue weighted by atomic mass is 10.3. The summed E-state index contributed by atoms with van der Waals surface area (Å²) >= 11 is 0. The number of rotatable bonds is 1. The third-order valence-corrected chi connectivity index (χ3v) is 1.53. The van der Waals surface area contributed by atoms with Crippen LogP contribution in [0, 0.1) is 6.07 Å². The minimum absolute atomic E-state index is 0.725. The summed E-state index contributed by atoms with van der Waals surface area (Å²) in [6, 6.07) is 8.19. The van der Waals surface area contributed by atoms with Gasteiger partial charge in [-0.3, -0.25) is 9.36 Å². The lowest BCUT2D eigenvalue weighted by Gasteiger charge is -1.88. The van der Waals surface area contributed by atoms with Gasteiger partial charge in [0.1, 0.15) is 6.33 Å². The van der Waals surface area contributed by atoms with Crippen LogP contribution in [-0.4, -0.2) is 16.0 Å². The molecule has 3 heteroatoms. The van der Waals surface area contributed by atoms with E-state index in [2.05, 4.69) is 11.1 Å². The van der Waals surface area contributed by atoms with Crippen LogP contribution in [0.1, 0.15) is 0 Å². The molecule has 3 nitrogen and oxygen atoms in total. The fraction of sp³-hybridized carbons (Fsp3) is 0. The smallest absolute Gasteiger partial charge is 0.219 e. The van der Waals surface area contributed by atoms with E-state index in [1.54, 1.807) is 12.1 Å². The molecule has 0 spiro atoms. The van der Waals surface area contributed by atoms with E-state index in [1.807, 2.05) is 6.07 Å². The van der Waals surface area contributed by atoms with E-state index in [4.69, 9.17) is 0 Å². The molecule has 11 heavy (non-hydrogen) atoms. The average molecular weight is 145 g/mol. The van der Waals surface area contributed by atoms with Crippen molar-refractivity contribution in [3.63, 3.8) is 0 Å². The highest BCUT2D eigenvalue weighted by Gasteiger charge is 1.97. The molecule has 2 aromatic rings. The number of hydrogen-bond donors (Lipinski definition) is 0. The zero-order chi connectivity index (χ0) is 7.68. The van der Waals surface area contributed by atoms with Crippen molar-refractivity contribution in [3.05, 3.63) is 30.6 Å². The summed E-state index contributed by atoms with van der Waals surface area (Å²) in [4.78, 5) is 14.4. The number of fused-ring (bicyclic) bond motifs is 1. The Bertz CT molecular complexity index is 392. The van der Waals surface area contributed by atoms with E-state index in [9.17, 15) is 4.79 Å². The van der Waals surface area contributed by atoms with Crippen molar-refractivity contribution in [1.29, 1.82) is 0 Å². The highest BCUT2D eigenvalue weighted by molar-refractivity contribution is 5.80. The molecule has 1 radical (unpaired) electrons.